The molecule has 2 nitrogen and oxygen atoms in total. The molecule has 6 fully saturated rings. The molecule has 0 spiro atoms. The van der Waals surface area contributed by atoms with Gasteiger partial charge in [-0.05, 0) is 0 Å². The van der Waals surface area contributed by atoms with E-state index >= 15 is 0 Å². The van der Waals surface area contributed by atoms with Crippen LogP contribution in [0.5, 0.6) is 0 Å². The Hall–Kier alpha value is 2.08. The van der Waals surface area contributed by atoms with Crippen LogP contribution in [0, 0.1) is 5.41 Å². The van der Waals surface area contributed by atoms with E-state index in [4.69, 9.17) is 104 Å². The molecule has 0 aliphatic heterocycles. The zero-order chi connectivity index (χ0) is 16.1. The number of halogens is 9. The lowest BCUT2D eigenvalue weighted by molar-refractivity contribution is -0.331. The van der Waals surface area contributed by atoms with Crippen molar-refractivity contribution in [3.63, 3.8) is 0 Å². The molecule has 21 heavy (non-hydrogen) atoms. The SMILES string of the molecule is O=C(O)C12C3(Cl)[C@@]4(Cl)C5(Cl)C(Cl)(Cl)C(Cl)([C@@]14Cl)[C@@]2(Cl)[C@]53Cl. The normalized spacial score (nSPS) is 80.0. The van der Waals surface area contributed by atoms with Gasteiger partial charge in [-0.2, -0.15) is 0 Å². The summed E-state index contributed by atoms with van der Waals surface area (Å²) in [5.74, 6) is -1.35. The maximum absolute atomic E-state index is 11.9. The molecule has 4 unspecified atom stereocenters. The largest absolute Gasteiger partial charge is 0.481 e. The summed E-state index contributed by atoms with van der Waals surface area (Å²) in [5.41, 5.74) is -1.85. The van der Waals surface area contributed by atoms with Crippen LogP contribution in [0.2, 0.25) is 0 Å². The first kappa shape index (κ1) is 15.3. The number of carboxylic acids is 1. The second-order valence-corrected chi connectivity index (χ2v) is 11.5. The van der Waals surface area contributed by atoms with E-state index < -0.39 is 49.8 Å². The van der Waals surface area contributed by atoms with Crippen molar-refractivity contribution in [3.8, 4) is 0 Å². The zero-order valence-electron chi connectivity index (χ0n) is 9.26. The Morgan fingerprint density at radius 1 is 0.571 bits per heavy atom. The van der Waals surface area contributed by atoms with Gasteiger partial charge in [-0.3, -0.25) is 4.79 Å². The Kier molecular flexibility index (Phi) is 2.05. The molecule has 11 heteroatoms. The monoisotopic (exact) mass is 468 g/mol. The van der Waals surface area contributed by atoms with Crippen molar-refractivity contribution < 1.29 is 9.90 Å². The van der Waals surface area contributed by atoms with Gasteiger partial charge in [0.1, 0.15) is 39.5 Å². The van der Waals surface area contributed by atoms with E-state index in [0.717, 1.165) is 0 Å². The molecule has 6 rings (SSSR count). The quantitative estimate of drug-likeness (QED) is 0.583. The van der Waals surface area contributed by atoms with Gasteiger partial charge < -0.3 is 5.11 Å². The van der Waals surface area contributed by atoms with Gasteiger partial charge in [0.2, 0.25) is 0 Å². The first-order chi connectivity index (χ1) is 9.19. The summed E-state index contributed by atoms with van der Waals surface area (Å²) in [4.78, 5) is -0.356. The van der Waals surface area contributed by atoms with Crippen LogP contribution < -0.4 is 0 Å². The third kappa shape index (κ3) is 0.569. The van der Waals surface area contributed by atoms with Crippen molar-refractivity contribution in [1.82, 2.24) is 0 Å². The molecule has 0 aromatic carbocycles. The highest BCUT2D eigenvalue weighted by Crippen LogP contribution is 3.18. The number of aliphatic carboxylic acids is 1. The van der Waals surface area contributed by atoms with Gasteiger partial charge in [-0.25, -0.2) is 0 Å². The predicted octanol–water partition coefficient (Wildman–Crippen LogP) is 4.14. The molecule has 0 radical (unpaired) electrons. The zero-order valence-corrected chi connectivity index (χ0v) is 16.1. The topological polar surface area (TPSA) is 37.3 Å². The van der Waals surface area contributed by atoms with Crippen LogP contribution in [0.25, 0.3) is 0 Å². The average molecular weight is 472 g/mol. The third-order valence-electron chi connectivity index (χ3n) is 6.53. The predicted molar refractivity (Wildman–Crippen MR) is 84.6 cm³/mol. The number of hydrogen-bond donors (Lipinski definition) is 1. The summed E-state index contributed by atoms with van der Waals surface area (Å²) in [6.07, 6.45) is 0. The van der Waals surface area contributed by atoms with Crippen molar-refractivity contribution in [2.24, 2.45) is 5.41 Å². The van der Waals surface area contributed by atoms with E-state index in [2.05, 4.69) is 0 Å². The Labute approximate surface area is 163 Å². The molecule has 6 aliphatic rings. The van der Waals surface area contributed by atoms with Gasteiger partial charge in [0.15, 0.2) is 4.33 Å². The standard InChI is InChI=1S/C10HCl9O2/c11-3-2(1(20)21)4(12)6(3,14)9(17)7(3,15)5(2,13)8(4,16)10(9,18)19/h(H,20,21)/t2?,3?,4-,5+,6-,7-,8?,9?/m0/s1. The highest BCUT2D eigenvalue weighted by atomic mass is 35.5. The van der Waals surface area contributed by atoms with Gasteiger partial charge in [0.05, 0.1) is 0 Å². The third-order valence-corrected chi connectivity index (χ3v) is 14.8. The highest BCUT2D eigenvalue weighted by molar-refractivity contribution is 6.79. The number of rotatable bonds is 1. The van der Waals surface area contributed by atoms with Crippen LogP contribution in [-0.2, 0) is 4.79 Å². The molecule has 116 valence electrons. The first-order valence-corrected chi connectivity index (χ1v) is 9.03. The molecule has 0 aromatic rings. The molecule has 0 heterocycles. The number of alkyl halides is 9. The molecular formula is C10HCl9O2. The van der Waals surface area contributed by atoms with E-state index in [9.17, 15) is 9.90 Å². The van der Waals surface area contributed by atoms with Crippen LogP contribution in [-0.4, -0.2) is 49.5 Å². The van der Waals surface area contributed by atoms with Crippen LogP contribution in [0.3, 0.4) is 0 Å². The maximum Gasteiger partial charge on any atom is 0.315 e. The summed E-state index contributed by atoms with van der Waals surface area (Å²) in [6.45, 7) is 0. The second kappa shape index (κ2) is 2.81. The molecule has 6 saturated carbocycles. The summed E-state index contributed by atoms with van der Waals surface area (Å²) in [5, 5.41) is 9.72. The second-order valence-electron chi connectivity index (χ2n) is 6.24. The van der Waals surface area contributed by atoms with E-state index in [1.54, 1.807) is 0 Å². The summed E-state index contributed by atoms with van der Waals surface area (Å²) >= 11 is 58.7. The van der Waals surface area contributed by atoms with Crippen molar-refractivity contribution >= 4 is 110 Å². The fraction of sp³-hybridized carbons (Fsp3) is 0.900. The van der Waals surface area contributed by atoms with E-state index in [1.165, 1.54) is 0 Å². The minimum Gasteiger partial charge on any atom is -0.481 e. The van der Waals surface area contributed by atoms with Crippen molar-refractivity contribution in [2.45, 2.75) is 38.5 Å². The fourth-order valence-electron chi connectivity index (χ4n) is 6.17. The molecule has 0 saturated heterocycles. The van der Waals surface area contributed by atoms with E-state index in [1.807, 2.05) is 0 Å². The van der Waals surface area contributed by atoms with Crippen molar-refractivity contribution in [2.75, 3.05) is 0 Å². The lowest BCUT2D eigenvalue weighted by atomic mass is 9.10. The molecule has 2 bridgehead atoms. The Morgan fingerprint density at radius 3 is 1.19 bits per heavy atom. The minimum absolute atomic E-state index is 1.35. The van der Waals surface area contributed by atoms with Crippen LogP contribution in [0.1, 0.15) is 0 Å². The Bertz CT molecular complexity index is 689. The summed E-state index contributed by atoms with van der Waals surface area (Å²) in [6, 6.07) is 0. The Morgan fingerprint density at radius 2 is 0.857 bits per heavy atom. The average Bonchev–Trinajstić information content (AvgIpc) is 2.44. The molecule has 0 aromatic heterocycles. The first-order valence-electron chi connectivity index (χ1n) is 5.63. The van der Waals surface area contributed by atoms with Gasteiger partial charge >= 0.3 is 5.97 Å². The summed E-state index contributed by atoms with van der Waals surface area (Å²) in [7, 11) is 0. The summed E-state index contributed by atoms with van der Waals surface area (Å²) < 4.78 is -1.95. The van der Waals surface area contributed by atoms with Gasteiger partial charge in [0, 0.05) is 0 Å². The molecule has 6 aliphatic carbocycles. The number of hydrogen-bond acceptors (Lipinski definition) is 1. The van der Waals surface area contributed by atoms with Crippen molar-refractivity contribution in [3.05, 3.63) is 0 Å². The van der Waals surface area contributed by atoms with Crippen LogP contribution in [0.15, 0.2) is 0 Å². The minimum atomic E-state index is -1.95. The van der Waals surface area contributed by atoms with Crippen molar-refractivity contribution in [1.29, 1.82) is 0 Å². The molecule has 1 N–H and O–H groups in total. The van der Waals surface area contributed by atoms with Crippen LogP contribution >= 0.6 is 104 Å². The smallest absolute Gasteiger partial charge is 0.315 e. The van der Waals surface area contributed by atoms with Crippen LogP contribution in [0.4, 0.5) is 0 Å². The van der Waals surface area contributed by atoms with E-state index in [0.29, 0.717) is 0 Å². The molecular weight excluding hydrogens is 471 g/mol. The lowest BCUT2D eigenvalue weighted by Crippen LogP contribution is -3.26. The van der Waals surface area contributed by atoms with E-state index in [-0.39, 0.29) is 0 Å². The lowest BCUT2D eigenvalue weighted by Gasteiger charge is -3.04. The number of carbonyl (C=O) groups is 1. The van der Waals surface area contributed by atoms with Gasteiger partial charge in [0.25, 0.3) is 0 Å². The Balaban J connectivity index is 2.01. The number of carboxylic acid groups (broad SMARTS) is 1. The maximum atomic E-state index is 11.9. The highest BCUT2D eigenvalue weighted by Gasteiger charge is 3.37. The molecule has 8 atom stereocenters. The van der Waals surface area contributed by atoms with Gasteiger partial charge in [-0.15, -0.1) is 81.2 Å². The fourth-order valence-corrected chi connectivity index (χ4v) is 14.3. The molecule has 0 amide bonds. The van der Waals surface area contributed by atoms with Gasteiger partial charge in [-0.1, -0.05) is 23.2 Å².